The summed E-state index contributed by atoms with van der Waals surface area (Å²) in [5, 5.41) is 3.31. The number of methoxy groups -OCH3 is 1. The molecule has 0 amide bonds. The molecule has 23 heavy (non-hydrogen) atoms. The smallest absolute Gasteiger partial charge is 0.167 e. The van der Waals surface area contributed by atoms with E-state index in [1.807, 2.05) is 18.2 Å². The topological polar surface area (TPSA) is 30.5 Å². The maximum Gasteiger partial charge on any atom is 0.167 e. The SMILES string of the molecule is C=CCNCc1c(Br)ccc(OC)c1OCc1ccc(C)cc1. The number of hydrogen-bond donors (Lipinski definition) is 1. The molecule has 0 aliphatic carbocycles. The summed E-state index contributed by atoms with van der Waals surface area (Å²) in [4.78, 5) is 0. The molecule has 0 fully saturated rings. The fourth-order valence-electron chi connectivity index (χ4n) is 2.21. The molecule has 4 heteroatoms. The van der Waals surface area contributed by atoms with Gasteiger partial charge in [-0.05, 0) is 24.6 Å². The largest absolute Gasteiger partial charge is 0.493 e. The number of aryl methyl sites for hydroxylation is 1. The van der Waals surface area contributed by atoms with Gasteiger partial charge in [-0.3, -0.25) is 0 Å². The molecule has 1 N–H and O–H groups in total. The molecule has 122 valence electrons. The zero-order valence-electron chi connectivity index (χ0n) is 13.6. The number of ether oxygens (including phenoxy) is 2. The lowest BCUT2D eigenvalue weighted by molar-refractivity contribution is 0.280. The van der Waals surface area contributed by atoms with Gasteiger partial charge in [0.15, 0.2) is 11.5 Å². The summed E-state index contributed by atoms with van der Waals surface area (Å²) in [6, 6.07) is 12.2. The molecule has 0 radical (unpaired) electrons. The third kappa shape index (κ3) is 4.85. The van der Waals surface area contributed by atoms with E-state index in [0.29, 0.717) is 13.2 Å². The summed E-state index contributed by atoms with van der Waals surface area (Å²) in [6.45, 7) is 7.71. The van der Waals surface area contributed by atoms with Crippen molar-refractivity contribution in [1.29, 1.82) is 0 Å². The van der Waals surface area contributed by atoms with Crippen LogP contribution in [0.15, 0.2) is 53.5 Å². The van der Waals surface area contributed by atoms with Crippen LogP contribution in [0, 0.1) is 6.92 Å². The second-order valence-corrected chi connectivity index (χ2v) is 6.11. The number of nitrogens with one attached hydrogen (secondary N) is 1. The van der Waals surface area contributed by atoms with Crippen molar-refractivity contribution in [2.75, 3.05) is 13.7 Å². The third-order valence-electron chi connectivity index (χ3n) is 3.48. The second kappa shape index (κ2) is 8.75. The summed E-state index contributed by atoms with van der Waals surface area (Å²) < 4.78 is 12.5. The Balaban J connectivity index is 2.21. The van der Waals surface area contributed by atoms with Crippen molar-refractivity contribution in [3.05, 3.63) is 70.2 Å². The lowest BCUT2D eigenvalue weighted by atomic mass is 10.1. The second-order valence-electron chi connectivity index (χ2n) is 5.25. The normalized spacial score (nSPS) is 10.4. The maximum atomic E-state index is 6.08. The molecular weight excluding hydrogens is 354 g/mol. The first-order valence-corrected chi connectivity index (χ1v) is 8.30. The molecule has 0 heterocycles. The van der Waals surface area contributed by atoms with Gasteiger partial charge in [-0.25, -0.2) is 0 Å². The average molecular weight is 376 g/mol. The van der Waals surface area contributed by atoms with Gasteiger partial charge < -0.3 is 14.8 Å². The highest BCUT2D eigenvalue weighted by Crippen LogP contribution is 2.36. The molecule has 0 saturated heterocycles. The zero-order valence-corrected chi connectivity index (χ0v) is 15.2. The Morgan fingerprint density at radius 3 is 2.57 bits per heavy atom. The number of hydrogen-bond acceptors (Lipinski definition) is 3. The molecule has 2 aromatic carbocycles. The Morgan fingerprint density at radius 1 is 1.17 bits per heavy atom. The predicted molar refractivity (Wildman–Crippen MR) is 98.1 cm³/mol. The predicted octanol–water partition coefficient (Wildman–Crippen LogP) is 4.62. The van der Waals surface area contributed by atoms with E-state index in [1.165, 1.54) is 5.56 Å². The first kappa shape index (κ1) is 17.6. The summed E-state index contributed by atoms with van der Waals surface area (Å²) in [5.41, 5.74) is 3.41. The minimum atomic E-state index is 0.502. The van der Waals surface area contributed by atoms with Crippen LogP contribution in [-0.2, 0) is 13.2 Å². The van der Waals surface area contributed by atoms with Gasteiger partial charge in [0, 0.05) is 23.1 Å². The first-order chi connectivity index (χ1) is 11.2. The van der Waals surface area contributed by atoms with Crippen LogP contribution in [-0.4, -0.2) is 13.7 Å². The van der Waals surface area contributed by atoms with Gasteiger partial charge >= 0.3 is 0 Å². The van der Waals surface area contributed by atoms with E-state index in [0.717, 1.165) is 33.6 Å². The van der Waals surface area contributed by atoms with Crippen LogP contribution in [0.5, 0.6) is 11.5 Å². The highest BCUT2D eigenvalue weighted by molar-refractivity contribution is 9.10. The van der Waals surface area contributed by atoms with Crippen molar-refractivity contribution in [2.24, 2.45) is 0 Å². The Labute approximate surface area is 146 Å². The summed E-state index contributed by atoms with van der Waals surface area (Å²) in [6.07, 6.45) is 1.83. The van der Waals surface area contributed by atoms with Gasteiger partial charge in [0.1, 0.15) is 6.61 Å². The minimum Gasteiger partial charge on any atom is -0.493 e. The molecule has 0 saturated carbocycles. The Bertz CT molecular complexity index is 653. The van der Waals surface area contributed by atoms with Gasteiger partial charge in [-0.1, -0.05) is 51.8 Å². The van der Waals surface area contributed by atoms with Gasteiger partial charge in [-0.15, -0.1) is 6.58 Å². The van der Waals surface area contributed by atoms with Crippen LogP contribution in [0.2, 0.25) is 0 Å². The van der Waals surface area contributed by atoms with Crippen LogP contribution in [0.1, 0.15) is 16.7 Å². The summed E-state index contributed by atoms with van der Waals surface area (Å²) >= 11 is 3.60. The molecule has 0 atom stereocenters. The fourth-order valence-corrected chi connectivity index (χ4v) is 2.66. The third-order valence-corrected chi connectivity index (χ3v) is 4.22. The van der Waals surface area contributed by atoms with Gasteiger partial charge in [0.05, 0.1) is 7.11 Å². The van der Waals surface area contributed by atoms with E-state index in [2.05, 4.69) is 59.0 Å². The van der Waals surface area contributed by atoms with Crippen LogP contribution < -0.4 is 14.8 Å². The molecule has 0 aliphatic rings. The van der Waals surface area contributed by atoms with Crippen molar-refractivity contribution in [3.63, 3.8) is 0 Å². The highest BCUT2D eigenvalue weighted by atomic mass is 79.9. The van der Waals surface area contributed by atoms with Crippen molar-refractivity contribution in [1.82, 2.24) is 5.32 Å². The lowest BCUT2D eigenvalue weighted by Gasteiger charge is -2.17. The molecule has 0 aliphatic heterocycles. The average Bonchev–Trinajstić information content (AvgIpc) is 2.56. The van der Waals surface area contributed by atoms with E-state index < -0.39 is 0 Å². The van der Waals surface area contributed by atoms with E-state index in [1.54, 1.807) is 7.11 Å². The van der Waals surface area contributed by atoms with Crippen molar-refractivity contribution >= 4 is 15.9 Å². The van der Waals surface area contributed by atoms with E-state index in [4.69, 9.17) is 9.47 Å². The van der Waals surface area contributed by atoms with Crippen molar-refractivity contribution in [3.8, 4) is 11.5 Å². The number of rotatable bonds is 8. The van der Waals surface area contributed by atoms with Crippen molar-refractivity contribution in [2.45, 2.75) is 20.1 Å². The molecule has 0 spiro atoms. The molecule has 3 nitrogen and oxygen atoms in total. The Morgan fingerprint density at radius 2 is 1.91 bits per heavy atom. The standard InChI is InChI=1S/C19H22BrNO2/c1-4-11-21-12-16-17(20)9-10-18(22-3)19(16)23-13-15-7-5-14(2)6-8-15/h4-10,21H,1,11-13H2,2-3H3. The first-order valence-electron chi connectivity index (χ1n) is 7.51. The monoisotopic (exact) mass is 375 g/mol. The molecule has 2 rings (SSSR count). The lowest BCUT2D eigenvalue weighted by Crippen LogP contribution is -2.14. The molecule has 0 unspecified atom stereocenters. The molecule has 2 aromatic rings. The van der Waals surface area contributed by atoms with E-state index >= 15 is 0 Å². The minimum absolute atomic E-state index is 0.502. The summed E-state index contributed by atoms with van der Waals surface area (Å²) in [7, 11) is 1.66. The van der Waals surface area contributed by atoms with Gasteiger partial charge in [0.25, 0.3) is 0 Å². The Kier molecular flexibility index (Phi) is 6.68. The summed E-state index contributed by atoms with van der Waals surface area (Å²) in [5.74, 6) is 1.50. The Hall–Kier alpha value is -1.78. The van der Waals surface area contributed by atoms with E-state index in [9.17, 15) is 0 Å². The van der Waals surface area contributed by atoms with Crippen molar-refractivity contribution < 1.29 is 9.47 Å². The van der Waals surface area contributed by atoms with Crippen LogP contribution in [0.4, 0.5) is 0 Å². The highest BCUT2D eigenvalue weighted by Gasteiger charge is 2.14. The fraction of sp³-hybridized carbons (Fsp3) is 0.263. The maximum absolute atomic E-state index is 6.08. The molecule has 0 bridgehead atoms. The quantitative estimate of drug-likeness (QED) is 0.539. The molecule has 0 aromatic heterocycles. The van der Waals surface area contributed by atoms with Crippen LogP contribution in [0.25, 0.3) is 0 Å². The molecular formula is C19H22BrNO2. The zero-order chi connectivity index (χ0) is 16.7. The number of benzene rings is 2. The van der Waals surface area contributed by atoms with Gasteiger partial charge in [-0.2, -0.15) is 0 Å². The van der Waals surface area contributed by atoms with Crippen LogP contribution in [0.3, 0.4) is 0 Å². The van der Waals surface area contributed by atoms with E-state index in [-0.39, 0.29) is 0 Å². The number of halogens is 1. The van der Waals surface area contributed by atoms with Crippen LogP contribution >= 0.6 is 15.9 Å². The van der Waals surface area contributed by atoms with Gasteiger partial charge in [0.2, 0.25) is 0 Å².